The zero-order valence-corrected chi connectivity index (χ0v) is 10.7. The Bertz CT molecular complexity index is 550. The van der Waals surface area contributed by atoms with Gasteiger partial charge in [0.25, 0.3) is 0 Å². The van der Waals surface area contributed by atoms with Gasteiger partial charge in [-0.25, -0.2) is 0 Å². The fourth-order valence-electron chi connectivity index (χ4n) is 1.70. The van der Waals surface area contributed by atoms with E-state index in [-0.39, 0.29) is 5.84 Å². The number of oxime groups is 1. The minimum absolute atomic E-state index is 0.0483. The van der Waals surface area contributed by atoms with E-state index in [1.807, 2.05) is 42.5 Å². The lowest BCUT2D eigenvalue weighted by Crippen LogP contribution is -2.31. The van der Waals surface area contributed by atoms with E-state index in [2.05, 4.69) is 17.3 Å². The van der Waals surface area contributed by atoms with Gasteiger partial charge in [-0.3, -0.25) is 0 Å². The summed E-state index contributed by atoms with van der Waals surface area (Å²) < 4.78 is 5.54. The lowest BCUT2D eigenvalue weighted by atomic mass is 10.1. The largest absolute Gasteiger partial charge is 0.483 e. The number of nitrogens with two attached hydrogens (primary N) is 1. The van der Waals surface area contributed by atoms with Crippen molar-refractivity contribution >= 4 is 5.84 Å². The van der Waals surface area contributed by atoms with Crippen LogP contribution in [0.4, 0.5) is 0 Å². The summed E-state index contributed by atoms with van der Waals surface area (Å²) in [5.74, 6) is 0.728. The monoisotopic (exact) mass is 256 g/mol. The predicted molar refractivity (Wildman–Crippen MR) is 75.4 cm³/mol. The maximum absolute atomic E-state index is 8.56. The van der Waals surface area contributed by atoms with Gasteiger partial charge in [-0.1, -0.05) is 47.6 Å². The minimum Gasteiger partial charge on any atom is -0.483 e. The normalized spacial score (nSPS) is 13.0. The number of hydrogen-bond donors (Lipinski definition) is 2. The minimum atomic E-state index is -0.465. The van der Waals surface area contributed by atoms with Crippen molar-refractivity contribution in [1.82, 2.24) is 0 Å². The zero-order chi connectivity index (χ0) is 13.7. The van der Waals surface area contributed by atoms with Gasteiger partial charge >= 0.3 is 0 Å². The highest BCUT2D eigenvalue weighted by atomic mass is 16.5. The van der Waals surface area contributed by atoms with Crippen molar-refractivity contribution in [3.8, 4) is 16.9 Å². The molecular formula is C15H16N2O2. The van der Waals surface area contributed by atoms with E-state index in [4.69, 9.17) is 15.7 Å². The van der Waals surface area contributed by atoms with Crippen LogP contribution in [-0.2, 0) is 0 Å². The van der Waals surface area contributed by atoms with Crippen molar-refractivity contribution in [1.29, 1.82) is 0 Å². The molecule has 0 radical (unpaired) electrons. The molecule has 0 heterocycles. The van der Waals surface area contributed by atoms with Crippen LogP contribution in [0.25, 0.3) is 11.1 Å². The lowest BCUT2D eigenvalue weighted by Gasteiger charge is -2.13. The average Bonchev–Trinajstić information content (AvgIpc) is 2.48. The molecule has 0 aliphatic heterocycles. The zero-order valence-electron chi connectivity index (χ0n) is 10.7. The summed E-state index contributed by atoms with van der Waals surface area (Å²) in [6.45, 7) is 1.72. The lowest BCUT2D eigenvalue weighted by molar-refractivity contribution is 0.265. The summed E-state index contributed by atoms with van der Waals surface area (Å²) >= 11 is 0. The van der Waals surface area contributed by atoms with E-state index in [9.17, 15) is 0 Å². The summed E-state index contributed by atoms with van der Waals surface area (Å²) in [6.07, 6.45) is -0.465. The van der Waals surface area contributed by atoms with Gasteiger partial charge in [0.05, 0.1) is 0 Å². The van der Waals surface area contributed by atoms with Crippen LogP contribution in [0.2, 0.25) is 0 Å². The smallest absolute Gasteiger partial charge is 0.180 e. The molecule has 2 aromatic carbocycles. The summed E-state index contributed by atoms with van der Waals surface area (Å²) in [5.41, 5.74) is 7.73. The fraction of sp³-hybridized carbons (Fsp3) is 0.133. The van der Waals surface area contributed by atoms with Crippen LogP contribution in [-0.4, -0.2) is 17.1 Å². The molecule has 0 aliphatic carbocycles. The quantitative estimate of drug-likeness (QED) is 0.382. The highest BCUT2D eigenvalue weighted by molar-refractivity contribution is 5.84. The van der Waals surface area contributed by atoms with Crippen molar-refractivity contribution in [3.63, 3.8) is 0 Å². The fourth-order valence-corrected chi connectivity index (χ4v) is 1.70. The van der Waals surface area contributed by atoms with E-state index in [1.54, 1.807) is 6.92 Å². The van der Waals surface area contributed by atoms with Crippen LogP contribution in [0.3, 0.4) is 0 Å². The Kier molecular flexibility index (Phi) is 4.03. The molecule has 4 heteroatoms. The molecule has 1 atom stereocenters. The summed E-state index contributed by atoms with van der Waals surface area (Å²) in [5, 5.41) is 11.5. The third-order valence-electron chi connectivity index (χ3n) is 2.81. The Morgan fingerprint density at radius 3 is 2.21 bits per heavy atom. The van der Waals surface area contributed by atoms with Gasteiger partial charge in [-0.2, -0.15) is 0 Å². The summed E-state index contributed by atoms with van der Waals surface area (Å²) in [6, 6.07) is 17.8. The SMILES string of the molecule is CC(Oc1ccc(-c2ccccc2)cc1)C(N)=NO. The van der Waals surface area contributed by atoms with E-state index in [0.29, 0.717) is 5.75 Å². The maximum atomic E-state index is 8.56. The van der Waals surface area contributed by atoms with Gasteiger partial charge in [0.15, 0.2) is 11.9 Å². The maximum Gasteiger partial charge on any atom is 0.180 e. The van der Waals surface area contributed by atoms with Crippen LogP contribution < -0.4 is 10.5 Å². The molecule has 2 rings (SSSR count). The number of hydrogen-bond acceptors (Lipinski definition) is 3. The second kappa shape index (κ2) is 5.91. The Labute approximate surface area is 112 Å². The molecule has 0 saturated carbocycles. The third-order valence-corrected chi connectivity index (χ3v) is 2.81. The van der Waals surface area contributed by atoms with Crippen molar-refractivity contribution in [2.75, 3.05) is 0 Å². The number of rotatable bonds is 4. The Balaban J connectivity index is 2.11. The second-order valence-corrected chi connectivity index (χ2v) is 4.18. The third kappa shape index (κ3) is 3.25. The van der Waals surface area contributed by atoms with Crippen molar-refractivity contribution in [3.05, 3.63) is 54.6 Å². The van der Waals surface area contributed by atoms with Crippen molar-refractivity contribution < 1.29 is 9.94 Å². The molecular weight excluding hydrogens is 240 g/mol. The van der Waals surface area contributed by atoms with Gasteiger partial charge < -0.3 is 15.7 Å². The van der Waals surface area contributed by atoms with Crippen LogP contribution in [0.15, 0.2) is 59.8 Å². The van der Waals surface area contributed by atoms with Crippen LogP contribution in [0.1, 0.15) is 6.92 Å². The van der Waals surface area contributed by atoms with E-state index < -0.39 is 6.10 Å². The highest BCUT2D eigenvalue weighted by Crippen LogP contribution is 2.22. The first-order valence-corrected chi connectivity index (χ1v) is 6.00. The molecule has 0 aliphatic rings. The van der Waals surface area contributed by atoms with Crippen LogP contribution in [0.5, 0.6) is 5.75 Å². The molecule has 3 N–H and O–H groups in total. The molecule has 1 unspecified atom stereocenters. The standard InChI is InChI=1S/C15H16N2O2/c1-11(15(16)17-18)19-14-9-7-13(8-10-14)12-5-3-2-4-6-12/h2-11,18H,1H3,(H2,16,17). The van der Waals surface area contributed by atoms with Crippen molar-refractivity contribution in [2.45, 2.75) is 13.0 Å². The predicted octanol–water partition coefficient (Wildman–Crippen LogP) is 2.87. The molecule has 98 valence electrons. The second-order valence-electron chi connectivity index (χ2n) is 4.18. The Morgan fingerprint density at radius 2 is 1.63 bits per heavy atom. The van der Waals surface area contributed by atoms with Gasteiger partial charge in [0, 0.05) is 0 Å². The molecule has 0 aromatic heterocycles. The molecule has 19 heavy (non-hydrogen) atoms. The molecule has 2 aromatic rings. The Morgan fingerprint density at radius 1 is 1.05 bits per heavy atom. The molecule has 0 saturated heterocycles. The first-order valence-electron chi connectivity index (χ1n) is 6.00. The van der Waals surface area contributed by atoms with Crippen LogP contribution in [0, 0.1) is 0 Å². The van der Waals surface area contributed by atoms with E-state index in [1.165, 1.54) is 0 Å². The summed E-state index contributed by atoms with van der Waals surface area (Å²) in [4.78, 5) is 0. The molecule has 0 amide bonds. The topological polar surface area (TPSA) is 67.8 Å². The van der Waals surface area contributed by atoms with Gasteiger partial charge in [-0.05, 0) is 30.2 Å². The average molecular weight is 256 g/mol. The highest BCUT2D eigenvalue weighted by Gasteiger charge is 2.09. The van der Waals surface area contributed by atoms with Gasteiger partial charge in [0.1, 0.15) is 5.75 Å². The number of amidine groups is 1. The van der Waals surface area contributed by atoms with Crippen LogP contribution >= 0.6 is 0 Å². The molecule has 0 spiro atoms. The van der Waals surface area contributed by atoms with E-state index >= 15 is 0 Å². The molecule has 0 fully saturated rings. The first-order chi connectivity index (χ1) is 9.20. The number of ether oxygens (including phenoxy) is 1. The Hall–Kier alpha value is -2.49. The van der Waals surface area contributed by atoms with Crippen molar-refractivity contribution in [2.24, 2.45) is 10.9 Å². The number of nitrogens with zero attached hydrogens (tertiary/aromatic N) is 1. The van der Waals surface area contributed by atoms with E-state index in [0.717, 1.165) is 11.1 Å². The molecule has 0 bridgehead atoms. The first kappa shape index (κ1) is 13.0. The van der Waals surface area contributed by atoms with Gasteiger partial charge in [0.2, 0.25) is 0 Å². The molecule has 4 nitrogen and oxygen atoms in total. The van der Waals surface area contributed by atoms with Gasteiger partial charge in [-0.15, -0.1) is 0 Å². The number of benzene rings is 2. The summed E-state index contributed by atoms with van der Waals surface area (Å²) in [7, 11) is 0.